The average molecular weight is 329 g/mol. The summed E-state index contributed by atoms with van der Waals surface area (Å²) in [5.41, 5.74) is 0.623. The Bertz CT molecular complexity index is 379. The third-order valence-electron chi connectivity index (χ3n) is 2.49. The lowest BCUT2D eigenvalue weighted by Gasteiger charge is -2.09. The molecule has 0 radical (unpaired) electrons. The summed E-state index contributed by atoms with van der Waals surface area (Å²) in [6.45, 7) is 4.07. The van der Waals surface area contributed by atoms with Gasteiger partial charge in [-0.15, -0.1) is 0 Å². The van der Waals surface area contributed by atoms with Crippen molar-refractivity contribution in [1.82, 2.24) is 9.78 Å². The molecule has 1 heterocycles. The molecule has 104 valence electrons. The molecule has 0 fully saturated rings. The van der Waals surface area contributed by atoms with Crippen molar-refractivity contribution in [1.29, 1.82) is 0 Å². The van der Waals surface area contributed by atoms with Crippen LogP contribution in [0.25, 0.3) is 0 Å². The maximum atomic E-state index is 12.1. The molecule has 0 spiro atoms. The molecule has 0 bridgehead atoms. The van der Waals surface area contributed by atoms with Crippen LogP contribution in [-0.2, 0) is 17.9 Å². The summed E-state index contributed by atoms with van der Waals surface area (Å²) < 4.78 is 43.7. The van der Waals surface area contributed by atoms with Crippen LogP contribution in [0.1, 0.15) is 32.4 Å². The molecule has 0 aliphatic carbocycles. The molecule has 1 aromatic rings. The Hall–Kier alpha value is -0.560. The van der Waals surface area contributed by atoms with E-state index < -0.39 is 12.6 Å². The minimum atomic E-state index is -4.16. The standard InChI is InChI=1S/C11H16BrF3N2O/c1-3-8(2)18-7-10-9(12)6-17(16-10)5-4-11(13,14)15/h6,8H,3-5,7H2,1-2H3/t8-/m0/s1. The highest BCUT2D eigenvalue weighted by molar-refractivity contribution is 9.10. The van der Waals surface area contributed by atoms with Crippen molar-refractivity contribution in [2.45, 2.75) is 52.1 Å². The quantitative estimate of drug-likeness (QED) is 0.791. The summed E-state index contributed by atoms with van der Waals surface area (Å²) in [5, 5.41) is 4.06. The van der Waals surface area contributed by atoms with Crippen molar-refractivity contribution in [2.24, 2.45) is 0 Å². The largest absolute Gasteiger partial charge is 0.390 e. The predicted octanol–water partition coefficient (Wildman–Crippen LogP) is 3.91. The first kappa shape index (κ1) is 15.5. The Morgan fingerprint density at radius 3 is 2.72 bits per heavy atom. The zero-order chi connectivity index (χ0) is 13.8. The summed E-state index contributed by atoms with van der Waals surface area (Å²) in [5.74, 6) is 0. The number of hydrogen-bond acceptors (Lipinski definition) is 2. The molecule has 0 aliphatic rings. The number of rotatable bonds is 6. The maximum absolute atomic E-state index is 12.1. The van der Waals surface area contributed by atoms with Crippen LogP contribution in [-0.4, -0.2) is 22.1 Å². The zero-order valence-electron chi connectivity index (χ0n) is 10.3. The number of nitrogens with zero attached hydrogens (tertiary/aromatic N) is 2. The number of halogens is 4. The summed E-state index contributed by atoms with van der Waals surface area (Å²) in [7, 11) is 0. The Morgan fingerprint density at radius 2 is 2.17 bits per heavy atom. The van der Waals surface area contributed by atoms with E-state index in [-0.39, 0.29) is 12.6 Å². The van der Waals surface area contributed by atoms with Gasteiger partial charge in [-0.3, -0.25) is 4.68 Å². The summed E-state index contributed by atoms with van der Waals surface area (Å²) in [6.07, 6.45) is -2.51. The van der Waals surface area contributed by atoms with Gasteiger partial charge in [-0.05, 0) is 29.3 Å². The SMILES string of the molecule is CC[C@H](C)OCc1nn(CCC(F)(F)F)cc1Br. The fourth-order valence-corrected chi connectivity index (χ4v) is 1.66. The average Bonchev–Trinajstić information content (AvgIpc) is 2.63. The Kier molecular flexibility index (Phi) is 5.65. The number of alkyl halides is 3. The zero-order valence-corrected chi connectivity index (χ0v) is 11.9. The van der Waals surface area contributed by atoms with E-state index in [2.05, 4.69) is 21.0 Å². The first-order valence-electron chi connectivity index (χ1n) is 5.72. The lowest BCUT2D eigenvalue weighted by Crippen LogP contribution is -2.13. The molecular weight excluding hydrogens is 313 g/mol. The maximum Gasteiger partial charge on any atom is 0.390 e. The van der Waals surface area contributed by atoms with E-state index in [4.69, 9.17) is 4.74 Å². The minimum Gasteiger partial charge on any atom is -0.372 e. The van der Waals surface area contributed by atoms with Gasteiger partial charge in [-0.1, -0.05) is 6.92 Å². The van der Waals surface area contributed by atoms with Crippen LogP contribution >= 0.6 is 15.9 Å². The van der Waals surface area contributed by atoms with Crippen LogP contribution < -0.4 is 0 Å². The molecule has 1 atom stereocenters. The molecule has 18 heavy (non-hydrogen) atoms. The van der Waals surface area contributed by atoms with Gasteiger partial charge in [0, 0.05) is 12.7 Å². The van der Waals surface area contributed by atoms with Crippen molar-refractivity contribution in [2.75, 3.05) is 0 Å². The van der Waals surface area contributed by atoms with E-state index >= 15 is 0 Å². The van der Waals surface area contributed by atoms with E-state index in [1.165, 1.54) is 4.68 Å². The van der Waals surface area contributed by atoms with Crippen molar-refractivity contribution < 1.29 is 17.9 Å². The second-order valence-electron chi connectivity index (χ2n) is 4.08. The smallest absolute Gasteiger partial charge is 0.372 e. The van der Waals surface area contributed by atoms with E-state index in [9.17, 15) is 13.2 Å². The van der Waals surface area contributed by atoms with E-state index in [1.807, 2.05) is 13.8 Å². The second-order valence-corrected chi connectivity index (χ2v) is 4.94. The summed E-state index contributed by atoms with van der Waals surface area (Å²) in [6, 6.07) is 0. The highest BCUT2D eigenvalue weighted by Crippen LogP contribution is 2.22. The van der Waals surface area contributed by atoms with E-state index in [0.29, 0.717) is 16.8 Å². The molecule has 7 heteroatoms. The molecule has 0 amide bonds. The lowest BCUT2D eigenvalue weighted by atomic mass is 10.3. The van der Waals surface area contributed by atoms with Gasteiger partial charge in [0.05, 0.1) is 23.6 Å². The normalized spacial score (nSPS) is 13.9. The van der Waals surface area contributed by atoms with Crippen LogP contribution in [0.4, 0.5) is 13.2 Å². The van der Waals surface area contributed by atoms with Gasteiger partial charge >= 0.3 is 6.18 Å². The minimum absolute atomic E-state index is 0.109. The Balaban J connectivity index is 2.53. The molecule has 1 rings (SSSR count). The second kappa shape index (κ2) is 6.56. The lowest BCUT2D eigenvalue weighted by molar-refractivity contribution is -0.137. The monoisotopic (exact) mass is 328 g/mol. The highest BCUT2D eigenvalue weighted by atomic mass is 79.9. The number of aromatic nitrogens is 2. The fourth-order valence-electron chi connectivity index (χ4n) is 1.23. The number of aryl methyl sites for hydroxylation is 1. The van der Waals surface area contributed by atoms with Gasteiger partial charge in [0.15, 0.2) is 0 Å². The van der Waals surface area contributed by atoms with Crippen molar-refractivity contribution in [3.63, 3.8) is 0 Å². The summed E-state index contributed by atoms with van der Waals surface area (Å²) >= 11 is 3.27. The van der Waals surface area contributed by atoms with Gasteiger partial charge < -0.3 is 4.74 Å². The van der Waals surface area contributed by atoms with Crippen molar-refractivity contribution in [3.05, 3.63) is 16.4 Å². The van der Waals surface area contributed by atoms with Crippen molar-refractivity contribution >= 4 is 15.9 Å². The van der Waals surface area contributed by atoms with Crippen LogP contribution in [0.3, 0.4) is 0 Å². The van der Waals surface area contributed by atoms with Crippen LogP contribution in [0.5, 0.6) is 0 Å². The summed E-state index contributed by atoms with van der Waals surface area (Å²) in [4.78, 5) is 0. The Labute approximate surface area is 112 Å². The molecular formula is C11H16BrF3N2O. The van der Waals surface area contributed by atoms with E-state index in [0.717, 1.165) is 6.42 Å². The van der Waals surface area contributed by atoms with E-state index in [1.54, 1.807) is 6.20 Å². The predicted molar refractivity (Wildman–Crippen MR) is 65.1 cm³/mol. The van der Waals surface area contributed by atoms with Gasteiger partial charge in [-0.25, -0.2) is 0 Å². The fraction of sp³-hybridized carbons (Fsp3) is 0.727. The van der Waals surface area contributed by atoms with Gasteiger partial charge in [-0.2, -0.15) is 18.3 Å². The first-order chi connectivity index (χ1) is 8.31. The Morgan fingerprint density at radius 1 is 1.50 bits per heavy atom. The molecule has 0 saturated heterocycles. The highest BCUT2D eigenvalue weighted by Gasteiger charge is 2.27. The van der Waals surface area contributed by atoms with Gasteiger partial charge in [0.2, 0.25) is 0 Å². The van der Waals surface area contributed by atoms with Crippen LogP contribution in [0, 0.1) is 0 Å². The van der Waals surface area contributed by atoms with Crippen LogP contribution in [0.2, 0.25) is 0 Å². The molecule has 0 N–H and O–H groups in total. The number of ether oxygens (including phenoxy) is 1. The van der Waals surface area contributed by atoms with Crippen LogP contribution in [0.15, 0.2) is 10.7 Å². The first-order valence-corrected chi connectivity index (χ1v) is 6.51. The molecule has 3 nitrogen and oxygen atoms in total. The van der Waals surface area contributed by atoms with Crippen molar-refractivity contribution in [3.8, 4) is 0 Å². The number of hydrogen-bond donors (Lipinski definition) is 0. The molecule has 1 aromatic heterocycles. The topological polar surface area (TPSA) is 27.1 Å². The molecule has 0 aliphatic heterocycles. The molecule has 0 unspecified atom stereocenters. The molecule has 0 aromatic carbocycles. The van der Waals surface area contributed by atoms with Gasteiger partial charge in [0.1, 0.15) is 5.69 Å². The third kappa shape index (κ3) is 5.39. The van der Waals surface area contributed by atoms with Gasteiger partial charge in [0.25, 0.3) is 0 Å². The third-order valence-corrected chi connectivity index (χ3v) is 3.15. The molecule has 0 saturated carbocycles.